The number of aromatic nitrogens is 1. The molecule has 0 unspecified atom stereocenters. The lowest BCUT2D eigenvalue weighted by Gasteiger charge is -2.05. The van der Waals surface area contributed by atoms with Gasteiger partial charge < -0.3 is 15.5 Å². The average molecular weight is 368 g/mol. The molecule has 0 fully saturated rings. The molecule has 0 atom stereocenters. The highest BCUT2D eigenvalue weighted by molar-refractivity contribution is 7.13. The molecule has 3 N–H and O–H groups in total. The van der Waals surface area contributed by atoms with Gasteiger partial charge in [-0.05, 0) is 31.0 Å². The monoisotopic (exact) mass is 368 g/mol. The largest absolute Gasteiger partial charge is 0.504 e. The summed E-state index contributed by atoms with van der Waals surface area (Å²) >= 11 is 1.53. The summed E-state index contributed by atoms with van der Waals surface area (Å²) in [4.78, 5) is 16.6. The normalized spacial score (nSPS) is 10.7. The maximum atomic E-state index is 12.1. The summed E-state index contributed by atoms with van der Waals surface area (Å²) in [6.07, 6.45) is 0.814. The first kappa shape index (κ1) is 17.9. The smallest absolute Gasteiger partial charge is 0.226 e. The highest BCUT2D eigenvalue weighted by Gasteiger charge is 2.09. The molecule has 3 aromatic rings. The third-order valence-electron chi connectivity index (χ3n) is 3.97. The molecule has 1 aromatic heterocycles. The van der Waals surface area contributed by atoms with Crippen LogP contribution < -0.4 is 5.32 Å². The van der Waals surface area contributed by atoms with Crippen LogP contribution in [0.2, 0.25) is 0 Å². The summed E-state index contributed by atoms with van der Waals surface area (Å²) in [6.45, 7) is 2.50. The summed E-state index contributed by atoms with van der Waals surface area (Å²) in [5.41, 5.74) is 3.85. The van der Waals surface area contributed by atoms with Crippen molar-refractivity contribution in [2.24, 2.45) is 0 Å². The quantitative estimate of drug-likeness (QED) is 0.582. The Morgan fingerprint density at radius 1 is 1.12 bits per heavy atom. The summed E-state index contributed by atoms with van der Waals surface area (Å²) < 4.78 is 0. The lowest BCUT2D eigenvalue weighted by molar-refractivity contribution is -0.120. The number of nitrogens with zero attached hydrogens (tertiary/aromatic N) is 1. The third-order valence-corrected chi connectivity index (χ3v) is 4.91. The molecule has 1 amide bonds. The van der Waals surface area contributed by atoms with Gasteiger partial charge in [0.05, 0.1) is 12.1 Å². The van der Waals surface area contributed by atoms with Gasteiger partial charge in [0.1, 0.15) is 5.01 Å². The van der Waals surface area contributed by atoms with Crippen LogP contribution in [0.25, 0.3) is 10.6 Å². The molecule has 0 aliphatic rings. The number of benzene rings is 2. The van der Waals surface area contributed by atoms with E-state index in [2.05, 4.69) is 10.3 Å². The minimum absolute atomic E-state index is 0.0891. The SMILES string of the molecule is Cc1ccc(-c2nc(CC(=O)NCCc3ccc(O)c(O)c3)cs2)cc1. The molecule has 6 heteroatoms. The lowest BCUT2D eigenvalue weighted by atomic mass is 10.1. The van der Waals surface area contributed by atoms with Gasteiger partial charge in [-0.15, -0.1) is 11.3 Å². The Kier molecular flexibility index (Phi) is 5.53. The highest BCUT2D eigenvalue weighted by atomic mass is 32.1. The van der Waals surface area contributed by atoms with E-state index < -0.39 is 0 Å². The Morgan fingerprint density at radius 3 is 2.62 bits per heavy atom. The molecule has 0 bridgehead atoms. The Bertz CT molecular complexity index is 904. The predicted molar refractivity (Wildman–Crippen MR) is 102 cm³/mol. The second kappa shape index (κ2) is 8.01. The Labute approximate surface area is 156 Å². The average Bonchev–Trinajstić information content (AvgIpc) is 3.07. The molecule has 134 valence electrons. The van der Waals surface area contributed by atoms with Crippen molar-refractivity contribution in [3.05, 3.63) is 64.7 Å². The molecule has 0 aliphatic heterocycles. The first-order valence-corrected chi connectivity index (χ1v) is 9.18. The van der Waals surface area contributed by atoms with Gasteiger partial charge in [-0.3, -0.25) is 4.79 Å². The number of phenols is 2. The van der Waals surface area contributed by atoms with Gasteiger partial charge in [-0.25, -0.2) is 4.98 Å². The first-order valence-electron chi connectivity index (χ1n) is 8.30. The molecular formula is C20H20N2O3S. The molecular weight excluding hydrogens is 348 g/mol. The van der Waals surface area contributed by atoms with Crippen molar-refractivity contribution < 1.29 is 15.0 Å². The number of amides is 1. The van der Waals surface area contributed by atoms with E-state index in [1.807, 2.05) is 36.6 Å². The summed E-state index contributed by atoms with van der Waals surface area (Å²) in [7, 11) is 0. The second-order valence-corrected chi connectivity index (χ2v) is 6.97. The van der Waals surface area contributed by atoms with Gasteiger partial charge in [-0.1, -0.05) is 35.9 Å². The van der Waals surface area contributed by atoms with E-state index in [9.17, 15) is 15.0 Å². The number of nitrogens with one attached hydrogen (secondary N) is 1. The zero-order chi connectivity index (χ0) is 18.5. The fraction of sp³-hybridized carbons (Fsp3) is 0.200. The van der Waals surface area contributed by atoms with E-state index in [1.54, 1.807) is 6.07 Å². The van der Waals surface area contributed by atoms with Gasteiger partial charge in [0, 0.05) is 17.5 Å². The van der Waals surface area contributed by atoms with E-state index in [4.69, 9.17) is 0 Å². The van der Waals surface area contributed by atoms with Crippen LogP contribution in [0.4, 0.5) is 0 Å². The van der Waals surface area contributed by atoms with Gasteiger partial charge in [0.25, 0.3) is 0 Å². The molecule has 26 heavy (non-hydrogen) atoms. The number of hydrogen-bond donors (Lipinski definition) is 3. The van der Waals surface area contributed by atoms with Gasteiger partial charge in [0.15, 0.2) is 11.5 Å². The number of carbonyl (C=O) groups is 1. The summed E-state index contributed by atoms with van der Waals surface area (Å²) in [6, 6.07) is 12.8. The van der Waals surface area contributed by atoms with Crippen molar-refractivity contribution in [2.45, 2.75) is 19.8 Å². The standard InChI is InChI=1S/C20H20N2O3S/c1-13-2-5-15(6-3-13)20-22-16(12-26-20)11-19(25)21-9-8-14-4-7-17(23)18(24)10-14/h2-7,10,12,23-24H,8-9,11H2,1H3,(H,21,25). The maximum Gasteiger partial charge on any atom is 0.226 e. The molecule has 0 aliphatic carbocycles. The van der Waals surface area contributed by atoms with Crippen molar-refractivity contribution in [1.82, 2.24) is 10.3 Å². The molecule has 1 heterocycles. The van der Waals surface area contributed by atoms with Gasteiger partial charge in [-0.2, -0.15) is 0 Å². The zero-order valence-corrected chi connectivity index (χ0v) is 15.2. The van der Waals surface area contributed by atoms with Crippen LogP contribution in [-0.4, -0.2) is 27.6 Å². The lowest BCUT2D eigenvalue weighted by Crippen LogP contribution is -2.27. The highest BCUT2D eigenvalue weighted by Crippen LogP contribution is 2.25. The topological polar surface area (TPSA) is 82.5 Å². The number of hydrogen-bond acceptors (Lipinski definition) is 5. The van der Waals surface area contributed by atoms with Crippen LogP contribution in [0.3, 0.4) is 0 Å². The molecule has 0 saturated heterocycles. The van der Waals surface area contributed by atoms with E-state index in [0.717, 1.165) is 21.8 Å². The summed E-state index contributed by atoms with van der Waals surface area (Å²) in [5.74, 6) is -0.389. The molecule has 2 aromatic carbocycles. The van der Waals surface area contributed by atoms with E-state index in [1.165, 1.54) is 29.0 Å². The molecule has 0 radical (unpaired) electrons. The van der Waals surface area contributed by atoms with E-state index in [-0.39, 0.29) is 23.8 Å². The minimum Gasteiger partial charge on any atom is -0.504 e. The van der Waals surface area contributed by atoms with Crippen molar-refractivity contribution >= 4 is 17.2 Å². The third kappa shape index (κ3) is 4.61. The second-order valence-electron chi connectivity index (χ2n) is 6.11. The number of aromatic hydroxyl groups is 2. The van der Waals surface area contributed by atoms with Crippen LogP contribution in [0.5, 0.6) is 11.5 Å². The first-order chi connectivity index (χ1) is 12.5. The number of rotatable bonds is 6. The number of thiazole rings is 1. The van der Waals surface area contributed by atoms with Crippen molar-refractivity contribution in [3.63, 3.8) is 0 Å². The Hall–Kier alpha value is -2.86. The van der Waals surface area contributed by atoms with E-state index >= 15 is 0 Å². The fourth-order valence-electron chi connectivity index (χ4n) is 2.51. The Balaban J connectivity index is 1.50. The van der Waals surface area contributed by atoms with Crippen LogP contribution in [-0.2, 0) is 17.6 Å². The fourth-order valence-corrected chi connectivity index (χ4v) is 3.34. The van der Waals surface area contributed by atoms with Crippen molar-refractivity contribution in [2.75, 3.05) is 6.54 Å². The van der Waals surface area contributed by atoms with Gasteiger partial charge >= 0.3 is 0 Å². The molecule has 0 spiro atoms. The minimum atomic E-state index is -0.153. The van der Waals surface area contributed by atoms with Crippen LogP contribution in [0.15, 0.2) is 47.8 Å². The molecule has 0 saturated carbocycles. The number of aryl methyl sites for hydroxylation is 1. The maximum absolute atomic E-state index is 12.1. The molecule has 5 nitrogen and oxygen atoms in total. The number of phenolic OH excluding ortho intramolecular Hbond substituents is 2. The zero-order valence-electron chi connectivity index (χ0n) is 14.4. The van der Waals surface area contributed by atoms with Crippen molar-refractivity contribution in [1.29, 1.82) is 0 Å². The Morgan fingerprint density at radius 2 is 1.88 bits per heavy atom. The van der Waals surface area contributed by atoms with Crippen LogP contribution >= 0.6 is 11.3 Å². The van der Waals surface area contributed by atoms with Crippen molar-refractivity contribution in [3.8, 4) is 22.1 Å². The van der Waals surface area contributed by atoms with Crippen LogP contribution in [0.1, 0.15) is 16.8 Å². The van der Waals surface area contributed by atoms with Crippen LogP contribution in [0, 0.1) is 6.92 Å². The van der Waals surface area contributed by atoms with E-state index in [0.29, 0.717) is 13.0 Å². The van der Waals surface area contributed by atoms with Gasteiger partial charge in [0.2, 0.25) is 5.91 Å². The number of carbonyl (C=O) groups excluding carboxylic acids is 1. The predicted octanol–water partition coefficient (Wildman–Crippen LogP) is 3.43. The molecule has 3 rings (SSSR count). The summed E-state index contributed by atoms with van der Waals surface area (Å²) in [5, 5.41) is 24.4.